The maximum absolute atomic E-state index is 12.4. The van der Waals surface area contributed by atoms with Crippen molar-refractivity contribution in [2.45, 2.75) is 13.5 Å². The molecule has 3 rings (SSSR count). The maximum atomic E-state index is 12.4. The number of ether oxygens (including phenoxy) is 1. The quantitative estimate of drug-likeness (QED) is 0.615. The van der Waals surface area contributed by atoms with Crippen molar-refractivity contribution in [2.24, 2.45) is 0 Å². The van der Waals surface area contributed by atoms with Gasteiger partial charge in [0.1, 0.15) is 18.0 Å². The molecule has 0 bridgehead atoms. The highest BCUT2D eigenvalue weighted by atomic mass is 16.5. The number of aryl methyl sites for hydroxylation is 1. The van der Waals surface area contributed by atoms with Crippen molar-refractivity contribution < 1.29 is 14.3 Å². The summed E-state index contributed by atoms with van der Waals surface area (Å²) in [5.74, 6) is 1.95. The number of pyridine rings is 1. The molecule has 0 aliphatic rings. The van der Waals surface area contributed by atoms with Gasteiger partial charge in [-0.15, -0.1) is 6.42 Å². The van der Waals surface area contributed by atoms with Crippen LogP contribution in [0, 0.1) is 19.3 Å². The van der Waals surface area contributed by atoms with E-state index in [0.29, 0.717) is 11.3 Å². The highest BCUT2D eigenvalue weighted by Gasteiger charge is 2.14. The highest BCUT2D eigenvalue weighted by Crippen LogP contribution is 2.19. The Kier molecular flexibility index (Phi) is 5.92. The number of fused-ring (bicyclic) bond motifs is 1. The molecule has 2 amide bonds. The molecule has 0 radical (unpaired) electrons. The number of terminal acetylenes is 1. The first kappa shape index (κ1) is 19.0. The molecule has 0 saturated carbocycles. The summed E-state index contributed by atoms with van der Waals surface area (Å²) in [6.45, 7) is 2.16. The van der Waals surface area contributed by atoms with Crippen molar-refractivity contribution in [1.29, 1.82) is 0 Å². The zero-order valence-electron chi connectivity index (χ0n) is 15.4. The molecule has 2 N–H and O–H groups in total. The van der Waals surface area contributed by atoms with E-state index < -0.39 is 5.91 Å². The molecule has 0 saturated heterocycles. The van der Waals surface area contributed by atoms with Crippen LogP contribution < -0.4 is 15.4 Å². The molecule has 0 fully saturated rings. The summed E-state index contributed by atoms with van der Waals surface area (Å²) in [6.07, 6.45) is 8.89. The SMILES string of the molecule is C#CCNC(=O)CNC(=O)c1ccccc1OCc1cn2cccc(C)c2n1. The van der Waals surface area contributed by atoms with E-state index in [1.807, 2.05) is 35.9 Å². The molecule has 7 heteroatoms. The molecule has 2 heterocycles. The van der Waals surface area contributed by atoms with E-state index >= 15 is 0 Å². The van der Waals surface area contributed by atoms with Crippen LogP contribution in [0.2, 0.25) is 0 Å². The first-order chi connectivity index (χ1) is 13.6. The topological polar surface area (TPSA) is 84.7 Å². The predicted molar refractivity (Wildman–Crippen MR) is 105 cm³/mol. The van der Waals surface area contributed by atoms with E-state index in [0.717, 1.165) is 16.9 Å². The van der Waals surface area contributed by atoms with Crippen LogP contribution in [0.25, 0.3) is 5.65 Å². The number of carbonyl (C=O) groups is 2. The van der Waals surface area contributed by atoms with Gasteiger partial charge in [0.2, 0.25) is 5.91 Å². The number of nitrogens with one attached hydrogen (secondary N) is 2. The normalized spacial score (nSPS) is 10.3. The molecule has 1 aromatic carbocycles. The highest BCUT2D eigenvalue weighted by molar-refractivity contribution is 5.98. The summed E-state index contributed by atoms with van der Waals surface area (Å²) < 4.78 is 7.75. The van der Waals surface area contributed by atoms with Crippen LogP contribution in [0.5, 0.6) is 5.75 Å². The van der Waals surface area contributed by atoms with Crippen LogP contribution in [0.3, 0.4) is 0 Å². The Morgan fingerprint density at radius 3 is 2.82 bits per heavy atom. The van der Waals surface area contributed by atoms with Crippen LogP contribution in [-0.2, 0) is 11.4 Å². The van der Waals surface area contributed by atoms with Gasteiger partial charge in [0.25, 0.3) is 5.91 Å². The molecule has 2 aromatic heterocycles. The summed E-state index contributed by atoms with van der Waals surface area (Å²) in [5.41, 5.74) is 3.02. The largest absolute Gasteiger partial charge is 0.486 e. The van der Waals surface area contributed by atoms with Crippen LogP contribution in [0.4, 0.5) is 0 Å². The lowest BCUT2D eigenvalue weighted by Crippen LogP contribution is -2.37. The number of nitrogens with zero attached hydrogens (tertiary/aromatic N) is 2. The maximum Gasteiger partial charge on any atom is 0.255 e. The van der Waals surface area contributed by atoms with E-state index in [-0.39, 0.29) is 25.6 Å². The van der Waals surface area contributed by atoms with Crippen molar-refractivity contribution in [3.63, 3.8) is 0 Å². The van der Waals surface area contributed by atoms with Crippen molar-refractivity contribution in [3.05, 3.63) is 65.6 Å². The predicted octanol–water partition coefficient (Wildman–Crippen LogP) is 1.70. The third-order valence-corrected chi connectivity index (χ3v) is 4.03. The molecule has 0 unspecified atom stereocenters. The second-order valence-corrected chi connectivity index (χ2v) is 6.10. The van der Waals surface area contributed by atoms with Crippen molar-refractivity contribution in [2.75, 3.05) is 13.1 Å². The van der Waals surface area contributed by atoms with Gasteiger partial charge in [-0.25, -0.2) is 4.98 Å². The standard InChI is InChI=1S/C21H20N4O3/c1-3-10-22-19(26)12-23-21(27)17-8-4-5-9-18(17)28-14-16-13-25-11-6-7-15(2)20(25)24-16/h1,4-9,11,13H,10,12,14H2,2H3,(H,22,26)(H,23,27). The minimum atomic E-state index is -0.405. The summed E-state index contributed by atoms with van der Waals surface area (Å²) in [7, 11) is 0. The Morgan fingerprint density at radius 1 is 1.21 bits per heavy atom. The second kappa shape index (κ2) is 8.73. The summed E-state index contributed by atoms with van der Waals surface area (Å²) in [6, 6.07) is 10.8. The summed E-state index contributed by atoms with van der Waals surface area (Å²) in [4.78, 5) is 28.6. The smallest absolute Gasteiger partial charge is 0.255 e. The van der Waals surface area contributed by atoms with Gasteiger partial charge in [-0.3, -0.25) is 9.59 Å². The van der Waals surface area contributed by atoms with Crippen molar-refractivity contribution >= 4 is 17.5 Å². The number of imidazole rings is 1. The minimum Gasteiger partial charge on any atom is -0.486 e. The number of hydrogen-bond acceptors (Lipinski definition) is 4. The lowest BCUT2D eigenvalue weighted by atomic mass is 10.2. The molecular weight excluding hydrogens is 356 g/mol. The second-order valence-electron chi connectivity index (χ2n) is 6.10. The third kappa shape index (κ3) is 4.48. The van der Waals surface area contributed by atoms with Crippen molar-refractivity contribution in [1.82, 2.24) is 20.0 Å². The number of hydrogen-bond donors (Lipinski definition) is 2. The van der Waals surface area contributed by atoms with E-state index in [4.69, 9.17) is 11.2 Å². The lowest BCUT2D eigenvalue weighted by molar-refractivity contribution is -0.119. The molecular formula is C21H20N4O3. The fourth-order valence-electron chi connectivity index (χ4n) is 2.67. The van der Waals surface area contributed by atoms with Gasteiger partial charge < -0.3 is 19.8 Å². The van der Waals surface area contributed by atoms with E-state index in [9.17, 15) is 9.59 Å². The van der Waals surface area contributed by atoms with E-state index in [1.165, 1.54) is 0 Å². The number of carbonyl (C=O) groups excluding carboxylic acids is 2. The van der Waals surface area contributed by atoms with E-state index in [2.05, 4.69) is 21.5 Å². The summed E-state index contributed by atoms with van der Waals surface area (Å²) >= 11 is 0. The molecule has 0 aliphatic heterocycles. The first-order valence-electron chi connectivity index (χ1n) is 8.72. The van der Waals surface area contributed by atoms with Gasteiger partial charge in [0, 0.05) is 12.4 Å². The molecule has 0 spiro atoms. The van der Waals surface area contributed by atoms with Gasteiger partial charge in [-0.2, -0.15) is 0 Å². The van der Waals surface area contributed by atoms with Crippen LogP contribution in [-0.4, -0.2) is 34.3 Å². The fourth-order valence-corrected chi connectivity index (χ4v) is 2.67. The molecule has 3 aromatic rings. The summed E-state index contributed by atoms with van der Waals surface area (Å²) in [5, 5.41) is 5.04. The zero-order chi connectivity index (χ0) is 19.9. The first-order valence-corrected chi connectivity index (χ1v) is 8.72. The number of para-hydroxylation sites is 1. The fraction of sp³-hybridized carbons (Fsp3) is 0.190. The number of rotatable bonds is 7. The number of benzene rings is 1. The number of amides is 2. The lowest BCUT2D eigenvalue weighted by Gasteiger charge is -2.11. The Balaban J connectivity index is 1.66. The van der Waals surface area contributed by atoms with Gasteiger partial charge in [-0.1, -0.05) is 24.1 Å². The van der Waals surface area contributed by atoms with Crippen LogP contribution in [0.1, 0.15) is 21.6 Å². The monoisotopic (exact) mass is 376 g/mol. The molecule has 142 valence electrons. The molecule has 0 atom stereocenters. The number of aromatic nitrogens is 2. The minimum absolute atomic E-state index is 0.118. The molecule has 0 aliphatic carbocycles. The van der Waals surface area contributed by atoms with Gasteiger partial charge in [0.05, 0.1) is 24.3 Å². The van der Waals surface area contributed by atoms with Gasteiger partial charge in [0.15, 0.2) is 0 Å². The average Bonchev–Trinajstić information content (AvgIpc) is 3.13. The van der Waals surface area contributed by atoms with Crippen LogP contribution >= 0.6 is 0 Å². The Bertz CT molecular complexity index is 1050. The Morgan fingerprint density at radius 2 is 2.04 bits per heavy atom. The van der Waals surface area contributed by atoms with Crippen LogP contribution in [0.15, 0.2) is 48.8 Å². The van der Waals surface area contributed by atoms with E-state index in [1.54, 1.807) is 24.3 Å². The van der Waals surface area contributed by atoms with Gasteiger partial charge in [-0.05, 0) is 30.7 Å². The molecule has 7 nitrogen and oxygen atoms in total. The average molecular weight is 376 g/mol. The zero-order valence-corrected chi connectivity index (χ0v) is 15.4. The Labute approximate surface area is 162 Å². The third-order valence-electron chi connectivity index (χ3n) is 4.03. The van der Waals surface area contributed by atoms with Gasteiger partial charge >= 0.3 is 0 Å². The molecule has 28 heavy (non-hydrogen) atoms. The Hall–Kier alpha value is -3.79. The van der Waals surface area contributed by atoms with Crippen molar-refractivity contribution in [3.8, 4) is 18.1 Å².